The zero-order chi connectivity index (χ0) is 20.8. The summed E-state index contributed by atoms with van der Waals surface area (Å²) in [6.45, 7) is 3.76. The van der Waals surface area contributed by atoms with Crippen molar-refractivity contribution in [3.05, 3.63) is 87.7 Å². The maximum Gasteiger partial charge on any atom is 0.277 e. The van der Waals surface area contributed by atoms with Crippen LogP contribution in [-0.4, -0.2) is 28.2 Å². The summed E-state index contributed by atoms with van der Waals surface area (Å²) < 4.78 is 7.32. The number of hydrogen-bond donors (Lipinski definition) is 1. The SMILES string of the molecule is Cc1ccc(OCC(=O)NN=Cc2cccn2-c2ccc([N+](=O)[O-])cc2)c(C)c1. The quantitative estimate of drug-likeness (QED) is 0.378. The normalized spacial score (nSPS) is 10.8. The van der Waals surface area contributed by atoms with Crippen LogP contribution in [0.5, 0.6) is 5.75 Å². The predicted octanol–water partition coefficient (Wildman–Crippen LogP) is 3.53. The molecule has 0 aliphatic rings. The number of aromatic nitrogens is 1. The number of nitrogens with zero attached hydrogens (tertiary/aromatic N) is 3. The van der Waals surface area contributed by atoms with Crippen molar-refractivity contribution in [3.63, 3.8) is 0 Å². The number of benzene rings is 2. The maximum atomic E-state index is 12.0. The van der Waals surface area contributed by atoms with Crippen LogP contribution in [0.25, 0.3) is 5.69 Å². The molecule has 1 amide bonds. The summed E-state index contributed by atoms with van der Waals surface area (Å²) in [4.78, 5) is 22.3. The Bertz CT molecular complexity index is 1050. The van der Waals surface area contributed by atoms with Crippen LogP contribution in [0.4, 0.5) is 5.69 Å². The minimum absolute atomic E-state index is 0.0206. The van der Waals surface area contributed by atoms with E-state index in [4.69, 9.17) is 4.74 Å². The molecule has 0 spiro atoms. The molecule has 8 heteroatoms. The number of hydrogen-bond acceptors (Lipinski definition) is 5. The molecule has 8 nitrogen and oxygen atoms in total. The number of rotatable bonds is 7. The number of ether oxygens (including phenoxy) is 1. The van der Waals surface area contributed by atoms with Crippen molar-refractivity contribution in [2.75, 3.05) is 6.61 Å². The Morgan fingerprint density at radius 1 is 1.21 bits per heavy atom. The number of non-ortho nitro benzene ring substituents is 1. The van der Waals surface area contributed by atoms with Gasteiger partial charge < -0.3 is 9.30 Å². The fraction of sp³-hybridized carbons (Fsp3) is 0.143. The first-order valence-corrected chi connectivity index (χ1v) is 8.88. The third-order valence-corrected chi connectivity index (χ3v) is 4.19. The fourth-order valence-corrected chi connectivity index (χ4v) is 2.78. The number of nitro groups is 1. The second-order valence-electron chi connectivity index (χ2n) is 6.43. The number of aryl methyl sites for hydroxylation is 2. The van der Waals surface area contributed by atoms with Crippen molar-refractivity contribution in [2.45, 2.75) is 13.8 Å². The molecule has 1 N–H and O–H groups in total. The highest BCUT2D eigenvalue weighted by molar-refractivity contribution is 5.82. The van der Waals surface area contributed by atoms with E-state index in [-0.39, 0.29) is 18.2 Å². The van der Waals surface area contributed by atoms with Crippen LogP contribution in [0.3, 0.4) is 0 Å². The van der Waals surface area contributed by atoms with E-state index in [2.05, 4.69) is 10.5 Å². The lowest BCUT2D eigenvalue weighted by molar-refractivity contribution is -0.384. The minimum atomic E-state index is -0.447. The van der Waals surface area contributed by atoms with E-state index < -0.39 is 4.92 Å². The highest BCUT2D eigenvalue weighted by Gasteiger charge is 2.07. The van der Waals surface area contributed by atoms with E-state index in [1.807, 2.05) is 44.2 Å². The van der Waals surface area contributed by atoms with Gasteiger partial charge in [0.2, 0.25) is 0 Å². The number of nitrogens with one attached hydrogen (secondary N) is 1. The zero-order valence-electron chi connectivity index (χ0n) is 16.0. The van der Waals surface area contributed by atoms with Crippen LogP contribution in [-0.2, 0) is 4.79 Å². The third-order valence-electron chi connectivity index (χ3n) is 4.19. The van der Waals surface area contributed by atoms with E-state index in [0.717, 1.165) is 16.8 Å². The summed E-state index contributed by atoms with van der Waals surface area (Å²) in [7, 11) is 0. The molecule has 1 aromatic heterocycles. The number of hydrazone groups is 1. The lowest BCUT2D eigenvalue weighted by Gasteiger charge is -2.09. The molecule has 29 heavy (non-hydrogen) atoms. The van der Waals surface area contributed by atoms with Crippen LogP contribution in [0.15, 0.2) is 65.9 Å². The van der Waals surface area contributed by atoms with Gasteiger partial charge in [-0.1, -0.05) is 17.7 Å². The van der Waals surface area contributed by atoms with Gasteiger partial charge in [-0.25, -0.2) is 5.43 Å². The monoisotopic (exact) mass is 392 g/mol. The van der Waals surface area contributed by atoms with Crippen LogP contribution in [0.1, 0.15) is 16.8 Å². The lowest BCUT2D eigenvalue weighted by atomic mass is 10.1. The molecule has 148 valence electrons. The first-order valence-electron chi connectivity index (χ1n) is 8.88. The lowest BCUT2D eigenvalue weighted by Crippen LogP contribution is -2.24. The van der Waals surface area contributed by atoms with Crippen LogP contribution < -0.4 is 10.2 Å². The molecule has 0 bridgehead atoms. The highest BCUT2D eigenvalue weighted by Crippen LogP contribution is 2.18. The number of amides is 1. The molecule has 0 radical (unpaired) electrons. The van der Waals surface area contributed by atoms with Gasteiger partial charge in [0.1, 0.15) is 5.75 Å². The molecule has 0 unspecified atom stereocenters. The molecule has 2 aromatic carbocycles. The highest BCUT2D eigenvalue weighted by atomic mass is 16.6. The van der Waals surface area contributed by atoms with Gasteiger partial charge in [-0.05, 0) is 49.7 Å². The largest absolute Gasteiger partial charge is 0.483 e. The van der Waals surface area contributed by atoms with Crippen molar-refractivity contribution in [3.8, 4) is 11.4 Å². The maximum absolute atomic E-state index is 12.0. The summed E-state index contributed by atoms with van der Waals surface area (Å²) in [6, 6.07) is 15.5. The predicted molar refractivity (Wildman–Crippen MR) is 110 cm³/mol. The van der Waals surface area contributed by atoms with E-state index in [9.17, 15) is 14.9 Å². The summed E-state index contributed by atoms with van der Waals surface area (Å²) in [5.41, 5.74) is 5.98. The number of carbonyl (C=O) groups excluding carboxylic acids is 1. The van der Waals surface area contributed by atoms with Gasteiger partial charge in [0, 0.05) is 24.0 Å². The van der Waals surface area contributed by atoms with Crippen LogP contribution in [0.2, 0.25) is 0 Å². The summed E-state index contributed by atoms with van der Waals surface area (Å²) >= 11 is 0. The Balaban J connectivity index is 1.59. The van der Waals surface area contributed by atoms with Gasteiger partial charge in [-0.15, -0.1) is 0 Å². The first kappa shape index (κ1) is 19.8. The van der Waals surface area contributed by atoms with Gasteiger partial charge in [-0.2, -0.15) is 5.10 Å². The fourth-order valence-electron chi connectivity index (χ4n) is 2.78. The Hall–Kier alpha value is -3.94. The Morgan fingerprint density at radius 3 is 2.66 bits per heavy atom. The molecule has 0 saturated heterocycles. The summed E-state index contributed by atoms with van der Waals surface area (Å²) in [5.74, 6) is 0.274. The Kier molecular flexibility index (Phi) is 6.03. The van der Waals surface area contributed by atoms with Gasteiger partial charge in [0.25, 0.3) is 11.6 Å². The van der Waals surface area contributed by atoms with E-state index in [1.54, 1.807) is 22.9 Å². The average Bonchev–Trinajstić information content (AvgIpc) is 3.16. The van der Waals surface area contributed by atoms with Crippen molar-refractivity contribution in [1.29, 1.82) is 0 Å². The van der Waals surface area contributed by atoms with Crippen molar-refractivity contribution in [2.24, 2.45) is 5.10 Å². The Morgan fingerprint density at radius 2 is 1.97 bits per heavy atom. The molecule has 0 aliphatic carbocycles. The standard InChI is InChI=1S/C21H20N4O4/c1-15-5-10-20(16(2)12-15)29-14-21(26)23-22-13-19-4-3-11-24(19)17-6-8-18(9-7-17)25(27)28/h3-13H,14H2,1-2H3,(H,23,26). The molecular weight excluding hydrogens is 372 g/mol. The molecule has 0 saturated carbocycles. The van der Waals surface area contributed by atoms with Crippen molar-refractivity contribution < 1.29 is 14.5 Å². The zero-order valence-corrected chi connectivity index (χ0v) is 16.0. The molecule has 1 heterocycles. The van der Waals surface area contributed by atoms with Crippen molar-refractivity contribution in [1.82, 2.24) is 9.99 Å². The van der Waals surface area contributed by atoms with E-state index in [0.29, 0.717) is 11.4 Å². The van der Waals surface area contributed by atoms with Gasteiger partial charge in [0.15, 0.2) is 6.61 Å². The topological polar surface area (TPSA) is 98.8 Å². The van der Waals surface area contributed by atoms with Crippen molar-refractivity contribution >= 4 is 17.8 Å². The van der Waals surface area contributed by atoms with Gasteiger partial charge in [-0.3, -0.25) is 14.9 Å². The third kappa shape index (κ3) is 5.07. The molecule has 3 rings (SSSR count). The van der Waals surface area contributed by atoms with E-state index in [1.165, 1.54) is 18.3 Å². The van der Waals surface area contributed by atoms with Gasteiger partial charge in [0.05, 0.1) is 16.8 Å². The molecule has 0 fully saturated rings. The molecule has 3 aromatic rings. The average molecular weight is 392 g/mol. The summed E-state index contributed by atoms with van der Waals surface area (Å²) in [5, 5.41) is 14.7. The minimum Gasteiger partial charge on any atom is -0.483 e. The summed E-state index contributed by atoms with van der Waals surface area (Å²) in [6.07, 6.45) is 3.30. The van der Waals surface area contributed by atoms with Gasteiger partial charge >= 0.3 is 0 Å². The smallest absolute Gasteiger partial charge is 0.277 e. The number of carbonyl (C=O) groups is 1. The molecule has 0 aliphatic heterocycles. The van der Waals surface area contributed by atoms with Crippen LogP contribution >= 0.6 is 0 Å². The van der Waals surface area contributed by atoms with E-state index >= 15 is 0 Å². The second kappa shape index (κ2) is 8.83. The van der Waals surface area contributed by atoms with Crippen LogP contribution in [0, 0.1) is 24.0 Å². The Labute approximate surface area is 167 Å². The molecule has 0 atom stereocenters. The first-order chi connectivity index (χ1) is 13.9. The molecular formula is C21H20N4O4. The number of nitro benzene ring substituents is 1. The second-order valence-corrected chi connectivity index (χ2v) is 6.43.